The zero-order valence-electron chi connectivity index (χ0n) is 10.9. The lowest BCUT2D eigenvalue weighted by atomic mass is 10.2. The Morgan fingerprint density at radius 3 is 2.39 bits per heavy atom. The van der Waals surface area contributed by atoms with Crippen molar-refractivity contribution in [3.05, 3.63) is 0 Å². The zero-order valence-corrected chi connectivity index (χ0v) is 10.9. The lowest BCUT2D eigenvalue weighted by Crippen LogP contribution is -2.49. The lowest BCUT2D eigenvalue weighted by molar-refractivity contribution is -0.127. The Balaban J connectivity index is 2.40. The Kier molecular flexibility index (Phi) is 5.95. The van der Waals surface area contributed by atoms with Gasteiger partial charge in [0.05, 0.1) is 19.1 Å². The van der Waals surface area contributed by atoms with Gasteiger partial charge in [-0.15, -0.1) is 0 Å². The number of nitrogens with zero attached hydrogens (tertiary/aromatic N) is 1. The van der Waals surface area contributed by atoms with Crippen molar-refractivity contribution in [2.45, 2.75) is 44.6 Å². The molecule has 0 aromatic carbocycles. The van der Waals surface area contributed by atoms with Crippen molar-refractivity contribution in [2.75, 3.05) is 26.2 Å². The number of alkyl halides is 2. The maximum absolute atomic E-state index is 12.9. The molecule has 0 spiro atoms. The quantitative estimate of drug-likeness (QED) is 0.777. The first kappa shape index (κ1) is 15.3. The van der Waals surface area contributed by atoms with Gasteiger partial charge in [-0.05, 0) is 32.9 Å². The summed E-state index contributed by atoms with van der Waals surface area (Å²) in [5.74, 6) is -3.36. The standard InChI is InChI=1S/C12H23F2N3O/c1-10(17-6-4-2-3-5-7-17)11(18)16-9-12(13,14)8-15/h10H,2-9,15H2,1H3,(H,16,18). The van der Waals surface area contributed by atoms with Crippen molar-refractivity contribution >= 4 is 5.91 Å². The van der Waals surface area contributed by atoms with Gasteiger partial charge in [0.1, 0.15) is 0 Å². The molecular formula is C12H23F2N3O. The van der Waals surface area contributed by atoms with Gasteiger partial charge in [-0.3, -0.25) is 9.69 Å². The molecule has 0 aliphatic carbocycles. The highest BCUT2D eigenvalue weighted by Crippen LogP contribution is 2.13. The van der Waals surface area contributed by atoms with E-state index in [2.05, 4.69) is 10.2 Å². The molecule has 3 N–H and O–H groups in total. The van der Waals surface area contributed by atoms with Crippen LogP contribution in [0.25, 0.3) is 0 Å². The number of hydrogen-bond acceptors (Lipinski definition) is 3. The average Bonchev–Trinajstić information content (AvgIpc) is 2.64. The summed E-state index contributed by atoms with van der Waals surface area (Å²) < 4.78 is 25.9. The molecule has 18 heavy (non-hydrogen) atoms. The number of likely N-dealkylation sites (tertiary alicyclic amines) is 1. The van der Waals surface area contributed by atoms with Crippen LogP contribution in [0.4, 0.5) is 8.78 Å². The molecule has 1 aliphatic rings. The number of nitrogens with two attached hydrogens (primary N) is 1. The topological polar surface area (TPSA) is 58.4 Å². The lowest BCUT2D eigenvalue weighted by Gasteiger charge is -2.27. The second kappa shape index (κ2) is 6.99. The monoisotopic (exact) mass is 263 g/mol. The van der Waals surface area contributed by atoms with Crippen molar-refractivity contribution in [3.8, 4) is 0 Å². The number of rotatable bonds is 5. The first-order valence-corrected chi connectivity index (χ1v) is 6.56. The van der Waals surface area contributed by atoms with Gasteiger partial charge in [-0.25, -0.2) is 8.78 Å². The molecule has 4 nitrogen and oxygen atoms in total. The van der Waals surface area contributed by atoms with Crippen LogP contribution in [0.15, 0.2) is 0 Å². The molecule has 1 heterocycles. The molecule has 1 saturated heterocycles. The summed E-state index contributed by atoms with van der Waals surface area (Å²) in [5, 5.41) is 2.28. The molecule has 1 aliphatic heterocycles. The number of nitrogens with one attached hydrogen (secondary N) is 1. The third kappa shape index (κ3) is 4.86. The van der Waals surface area contributed by atoms with E-state index in [0.29, 0.717) is 0 Å². The Bertz CT molecular complexity index is 266. The molecule has 1 fully saturated rings. The van der Waals surface area contributed by atoms with Gasteiger partial charge in [0, 0.05) is 0 Å². The number of halogens is 2. The maximum Gasteiger partial charge on any atom is 0.277 e. The first-order valence-electron chi connectivity index (χ1n) is 6.56. The van der Waals surface area contributed by atoms with E-state index in [1.165, 1.54) is 12.8 Å². The maximum atomic E-state index is 12.9. The van der Waals surface area contributed by atoms with Crippen molar-refractivity contribution in [1.82, 2.24) is 10.2 Å². The van der Waals surface area contributed by atoms with Crippen molar-refractivity contribution in [2.24, 2.45) is 5.73 Å². The molecule has 0 bridgehead atoms. The van der Waals surface area contributed by atoms with Crippen molar-refractivity contribution in [1.29, 1.82) is 0 Å². The number of hydrogen-bond donors (Lipinski definition) is 2. The number of carbonyl (C=O) groups excluding carboxylic acids is 1. The van der Waals surface area contributed by atoms with Crippen LogP contribution in [0.1, 0.15) is 32.6 Å². The van der Waals surface area contributed by atoms with Crippen LogP contribution in [0.3, 0.4) is 0 Å². The van der Waals surface area contributed by atoms with Crippen molar-refractivity contribution in [3.63, 3.8) is 0 Å². The summed E-state index contributed by atoms with van der Waals surface area (Å²) in [4.78, 5) is 13.8. The summed E-state index contributed by atoms with van der Waals surface area (Å²) in [6.45, 7) is 2.07. The fourth-order valence-electron chi connectivity index (χ4n) is 2.08. The number of amides is 1. The van der Waals surface area contributed by atoms with Crippen LogP contribution >= 0.6 is 0 Å². The largest absolute Gasteiger partial charge is 0.349 e. The Hall–Kier alpha value is -0.750. The van der Waals surface area contributed by atoms with Crippen molar-refractivity contribution < 1.29 is 13.6 Å². The molecule has 1 amide bonds. The van der Waals surface area contributed by atoms with E-state index in [1.54, 1.807) is 6.92 Å². The Labute approximate surface area is 107 Å². The SMILES string of the molecule is CC(C(=O)NCC(F)(F)CN)N1CCCCCC1. The third-order valence-electron chi connectivity index (χ3n) is 3.39. The summed E-state index contributed by atoms with van der Waals surface area (Å²) in [6, 6.07) is -0.350. The minimum Gasteiger partial charge on any atom is -0.349 e. The highest BCUT2D eigenvalue weighted by Gasteiger charge is 2.29. The molecule has 1 atom stereocenters. The molecule has 1 rings (SSSR count). The molecule has 0 saturated carbocycles. The van der Waals surface area contributed by atoms with Crippen LogP contribution in [-0.2, 0) is 4.79 Å². The molecular weight excluding hydrogens is 240 g/mol. The van der Waals surface area contributed by atoms with Gasteiger partial charge in [0.2, 0.25) is 5.91 Å². The normalized spacial score (nSPS) is 20.2. The average molecular weight is 263 g/mol. The van der Waals surface area contributed by atoms with E-state index in [-0.39, 0.29) is 11.9 Å². The molecule has 1 unspecified atom stereocenters. The van der Waals surface area contributed by atoms with E-state index >= 15 is 0 Å². The fourth-order valence-corrected chi connectivity index (χ4v) is 2.08. The zero-order chi connectivity index (χ0) is 13.6. The summed E-state index contributed by atoms with van der Waals surface area (Å²) >= 11 is 0. The Morgan fingerprint density at radius 2 is 1.89 bits per heavy atom. The molecule has 0 radical (unpaired) electrons. The molecule has 0 aromatic rings. The van der Waals surface area contributed by atoms with Gasteiger partial charge in [0.15, 0.2) is 0 Å². The van der Waals surface area contributed by atoms with E-state index in [4.69, 9.17) is 5.73 Å². The van der Waals surface area contributed by atoms with Gasteiger partial charge < -0.3 is 11.1 Å². The van der Waals surface area contributed by atoms with E-state index in [1.807, 2.05) is 0 Å². The molecule has 6 heteroatoms. The van der Waals surface area contributed by atoms with Crippen LogP contribution in [-0.4, -0.2) is 49.0 Å². The van der Waals surface area contributed by atoms with Gasteiger partial charge in [-0.1, -0.05) is 12.8 Å². The summed E-state index contributed by atoms with van der Waals surface area (Å²) in [5.41, 5.74) is 4.92. The third-order valence-corrected chi connectivity index (χ3v) is 3.39. The van der Waals surface area contributed by atoms with Crippen LogP contribution in [0.2, 0.25) is 0 Å². The minimum atomic E-state index is -3.02. The highest BCUT2D eigenvalue weighted by molar-refractivity contribution is 5.81. The van der Waals surface area contributed by atoms with Gasteiger partial charge in [-0.2, -0.15) is 0 Å². The predicted octanol–water partition coefficient (Wildman–Crippen LogP) is 0.961. The molecule has 106 valence electrons. The van der Waals surface area contributed by atoms with E-state index < -0.39 is 19.0 Å². The van der Waals surface area contributed by atoms with Gasteiger partial charge >= 0.3 is 0 Å². The second-order valence-corrected chi connectivity index (χ2v) is 4.90. The molecule has 0 aromatic heterocycles. The number of carbonyl (C=O) groups is 1. The highest BCUT2D eigenvalue weighted by atomic mass is 19.3. The summed E-state index contributed by atoms with van der Waals surface area (Å²) in [6.07, 6.45) is 4.49. The van der Waals surface area contributed by atoms with Crippen LogP contribution in [0.5, 0.6) is 0 Å². The van der Waals surface area contributed by atoms with Gasteiger partial charge in [0.25, 0.3) is 5.92 Å². The second-order valence-electron chi connectivity index (χ2n) is 4.90. The van der Waals surface area contributed by atoms with E-state index in [0.717, 1.165) is 25.9 Å². The minimum absolute atomic E-state index is 0.343. The smallest absolute Gasteiger partial charge is 0.277 e. The first-order chi connectivity index (χ1) is 8.46. The Morgan fingerprint density at radius 1 is 1.33 bits per heavy atom. The van der Waals surface area contributed by atoms with Crippen LogP contribution in [0, 0.1) is 0 Å². The van der Waals surface area contributed by atoms with E-state index in [9.17, 15) is 13.6 Å². The van der Waals surface area contributed by atoms with Crippen LogP contribution < -0.4 is 11.1 Å². The fraction of sp³-hybridized carbons (Fsp3) is 0.917. The predicted molar refractivity (Wildman–Crippen MR) is 66.5 cm³/mol. The summed E-state index contributed by atoms with van der Waals surface area (Å²) in [7, 11) is 0.